The standard InChI is InChI=1S/C14H12BrF3N2/c15-11-3-1-8(6-13(11)18)14(20-19)7-9-5-10(16)2-4-12(9)17/h1-6,14,20H,7,19H2. The first-order valence-electron chi connectivity index (χ1n) is 5.86. The third kappa shape index (κ3) is 3.39. The molecule has 0 spiro atoms. The predicted molar refractivity (Wildman–Crippen MR) is 74.2 cm³/mol. The van der Waals surface area contributed by atoms with E-state index in [4.69, 9.17) is 5.84 Å². The minimum absolute atomic E-state index is 0.112. The number of benzene rings is 2. The third-order valence-electron chi connectivity index (χ3n) is 2.98. The topological polar surface area (TPSA) is 38.0 Å². The van der Waals surface area contributed by atoms with Crippen molar-refractivity contribution in [2.45, 2.75) is 12.5 Å². The van der Waals surface area contributed by atoms with Gasteiger partial charge in [0, 0.05) is 0 Å². The van der Waals surface area contributed by atoms with Crippen LogP contribution in [-0.2, 0) is 6.42 Å². The highest BCUT2D eigenvalue weighted by Gasteiger charge is 2.15. The number of hydrogen-bond donors (Lipinski definition) is 2. The van der Waals surface area contributed by atoms with Gasteiger partial charge in [-0.3, -0.25) is 11.3 Å². The van der Waals surface area contributed by atoms with Crippen molar-refractivity contribution in [2.24, 2.45) is 5.84 Å². The molecule has 2 aromatic rings. The molecule has 106 valence electrons. The van der Waals surface area contributed by atoms with Crippen molar-refractivity contribution in [3.8, 4) is 0 Å². The first kappa shape index (κ1) is 15.0. The molecule has 0 aromatic heterocycles. The lowest BCUT2D eigenvalue weighted by Gasteiger charge is -2.17. The summed E-state index contributed by atoms with van der Waals surface area (Å²) in [6.07, 6.45) is 0.112. The van der Waals surface area contributed by atoms with Gasteiger partial charge >= 0.3 is 0 Å². The van der Waals surface area contributed by atoms with Crippen molar-refractivity contribution in [3.05, 3.63) is 69.4 Å². The summed E-state index contributed by atoms with van der Waals surface area (Å²) < 4.78 is 40.6. The Morgan fingerprint density at radius 1 is 1.05 bits per heavy atom. The Kier molecular flexibility index (Phi) is 4.80. The zero-order valence-corrected chi connectivity index (χ0v) is 11.9. The van der Waals surface area contributed by atoms with E-state index in [0.717, 1.165) is 18.2 Å². The summed E-state index contributed by atoms with van der Waals surface area (Å²) in [4.78, 5) is 0. The Labute approximate surface area is 122 Å². The molecule has 6 heteroatoms. The zero-order valence-electron chi connectivity index (χ0n) is 10.3. The van der Waals surface area contributed by atoms with E-state index in [0.29, 0.717) is 10.0 Å². The van der Waals surface area contributed by atoms with E-state index in [1.165, 1.54) is 12.1 Å². The van der Waals surface area contributed by atoms with Crippen molar-refractivity contribution >= 4 is 15.9 Å². The molecule has 0 fully saturated rings. The number of hydrazine groups is 1. The largest absolute Gasteiger partial charge is 0.271 e. The number of hydrogen-bond acceptors (Lipinski definition) is 2. The summed E-state index contributed by atoms with van der Waals surface area (Å²) in [6, 6.07) is 7.18. The Morgan fingerprint density at radius 2 is 1.80 bits per heavy atom. The van der Waals surface area contributed by atoms with Crippen LogP contribution in [0.25, 0.3) is 0 Å². The van der Waals surface area contributed by atoms with E-state index in [1.807, 2.05) is 0 Å². The summed E-state index contributed by atoms with van der Waals surface area (Å²) in [5, 5.41) is 0. The lowest BCUT2D eigenvalue weighted by Crippen LogP contribution is -2.30. The van der Waals surface area contributed by atoms with Gasteiger partial charge < -0.3 is 0 Å². The van der Waals surface area contributed by atoms with Gasteiger partial charge in [-0.1, -0.05) is 6.07 Å². The number of nitrogens with two attached hydrogens (primary N) is 1. The van der Waals surface area contributed by atoms with Gasteiger partial charge in [0.2, 0.25) is 0 Å². The fourth-order valence-electron chi connectivity index (χ4n) is 1.92. The van der Waals surface area contributed by atoms with Crippen molar-refractivity contribution < 1.29 is 13.2 Å². The first-order valence-corrected chi connectivity index (χ1v) is 6.65. The van der Waals surface area contributed by atoms with Gasteiger partial charge in [0.15, 0.2) is 0 Å². The molecule has 0 bridgehead atoms. The van der Waals surface area contributed by atoms with Crippen molar-refractivity contribution in [2.75, 3.05) is 0 Å². The van der Waals surface area contributed by atoms with E-state index >= 15 is 0 Å². The fraction of sp³-hybridized carbons (Fsp3) is 0.143. The van der Waals surface area contributed by atoms with E-state index < -0.39 is 23.5 Å². The molecule has 1 atom stereocenters. The van der Waals surface area contributed by atoms with Gasteiger partial charge in [-0.25, -0.2) is 13.2 Å². The van der Waals surface area contributed by atoms with Crippen LogP contribution in [0.15, 0.2) is 40.9 Å². The second-order valence-electron chi connectivity index (χ2n) is 4.33. The summed E-state index contributed by atoms with van der Waals surface area (Å²) >= 11 is 3.05. The molecule has 0 amide bonds. The minimum Gasteiger partial charge on any atom is -0.271 e. The van der Waals surface area contributed by atoms with Crippen LogP contribution in [0.3, 0.4) is 0 Å². The maximum atomic E-state index is 13.6. The number of rotatable bonds is 4. The molecule has 0 radical (unpaired) electrons. The van der Waals surface area contributed by atoms with Crippen LogP contribution in [-0.4, -0.2) is 0 Å². The van der Waals surface area contributed by atoms with Crippen LogP contribution in [0, 0.1) is 17.5 Å². The average Bonchev–Trinajstić information content (AvgIpc) is 2.43. The van der Waals surface area contributed by atoms with E-state index in [2.05, 4.69) is 21.4 Å². The Morgan fingerprint density at radius 3 is 2.45 bits per heavy atom. The van der Waals surface area contributed by atoms with Crippen molar-refractivity contribution in [1.82, 2.24) is 5.43 Å². The first-order chi connectivity index (χ1) is 9.51. The maximum absolute atomic E-state index is 13.6. The second-order valence-corrected chi connectivity index (χ2v) is 5.19. The molecule has 0 aliphatic carbocycles. The minimum atomic E-state index is -0.529. The van der Waals surface area contributed by atoms with Gasteiger partial charge in [0.1, 0.15) is 17.5 Å². The monoisotopic (exact) mass is 344 g/mol. The second kappa shape index (κ2) is 6.39. The molecule has 0 saturated heterocycles. The molecule has 2 nitrogen and oxygen atoms in total. The smallest absolute Gasteiger partial charge is 0.137 e. The highest BCUT2D eigenvalue weighted by molar-refractivity contribution is 9.10. The van der Waals surface area contributed by atoms with Crippen molar-refractivity contribution in [3.63, 3.8) is 0 Å². The lowest BCUT2D eigenvalue weighted by molar-refractivity contribution is 0.518. The number of nitrogens with one attached hydrogen (secondary N) is 1. The quantitative estimate of drug-likeness (QED) is 0.656. The molecular formula is C14H12BrF3N2. The number of halogens is 4. The van der Waals surface area contributed by atoms with E-state index in [-0.39, 0.29) is 12.0 Å². The highest BCUT2D eigenvalue weighted by atomic mass is 79.9. The van der Waals surface area contributed by atoms with Crippen molar-refractivity contribution in [1.29, 1.82) is 0 Å². The summed E-state index contributed by atoms with van der Waals surface area (Å²) in [6.45, 7) is 0. The van der Waals surface area contributed by atoms with Gasteiger partial charge in [0.25, 0.3) is 0 Å². The fourth-order valence-corrected chi connectivity index (χ4v) is 2.17. The molecule has 20 heavy (non-hydrogen) atoms. The third-order valence-corrected chi connectivity index (χ3v) is 3.62. The normalized spacial score (nSPS) is 12.4. The van der Waals surface area contributed by atoms with E-state index in [1.54, 1.807) is 6.07 Å². The zero-order chi connectivity index (χ0) is 14.7. The molecule has 2 rings (SSSR count). The molecule has 0 aliphatic rings. The summed E-state index contributed by atoms with van der Waals surface area (Å²) in [5.74, 6) is 3.93. The molecule has 0 heterocycles. The van der Waals surface area contributed by atoms with E-state index in [9.17, 15) is 13.2 Å². The summed E-state index contributed by atoms with van der Waals surface area (Å²) in [5.41, 5.74) is 3.22. The Balaban J connectivity index is 2.28. The molecule has 2 aromatic carbocycles. The molecular weight excluding hydrogens is 333 g/mol. The molecule has 3 N–H and O–H groups in total. The van der Waals surface area contributed by atoms with Crippen LogP contribution in [0.4, 0.5) is 13.2 Å². The molecule has 1 unspecified atom stereocenters. The summed E-state index contributed by atoms with van der Waals surface area (Å²) in [7, 11) is 0. The lowest BCUT2D eigenvalue weighted by atomic mass is 9.99. The molecule has 0 saturated carbocycles. The van der Waals surface area contributed by atoms with Crippen LogP contribution in [0.1, 0.15) is 17.2 Å². The predicted octanol–water partition coefficient (Wildman–Crippen LogP) is 3.61. The van der Waals surface area contributed by atoms with Gasteiger partial charge in [-0.15, -0.1) is 0 Å². The van der Waals surface area contributed by atoms with Crippen LogP contribution < -0.4 is 11.3 Å². The highest BCUT2D eigenvalue weighted by Crippen LogP contribution is 2.24. The average molecular weight is 345 g/mol. The maximum Gasteiger partial charge on any atom is 0.137 e. The Bertz CT molecular complexity index is 619. The van der Waals surface area contributed by atoms with Gasteiger partial charge in [-0.05, 0) is 63.8 Å². The SMILES string of the molecule is NNC(Cc1cc(F)ccc1F)c1ccc(Br)c(F)c1. The van der Waals surface area contributed by atoms with Crippen LogP contribution >= 0.6 is 15.9 Å². The Hall–Kier alpha value is -1.37. The van der Waals surface area contributed by atoms with Gasteiger partial charge in [-0.2, -0.15) is 0 Å². The van der Waals surface area contributed by atoms with Crippen LogP contribution in [0.2, 0.25) is 0 Å². The van der Waals surface area contributed by atoms with Gasteiger partial charge in [0.05, 0.1) is 10.5 Å². The molecule has 0 aliphatic heterocycles. The van der Waals surface area contributed by atoms with Crippen LogP contribution in [0.5, 0.6) is 0 Å².